The second kappa shape index (κ2) is 10.9. The van der Waals surface area contributed by atoms with Crippen molar-refractivity contribution in [3.8, 4) is 5.75 Å². The fourth-order valence-electron chi connectivity index (χ4n) is 4.02. The maximum atomic E-state index is 13.0. The Morgan fingerprint density at radius 2 is 1.61 bits per heavy atom. The standard InChI is InChI=1S/C27H27NO7S/c29-17-7-18-34-22-14-12-21(13-15-22)25-28-27(26(30)31,24(35-25)20-8-3-1-4-9-20)16-19-36(32,33)23-10-5-2-6-11-23/h1-6,8-15,24,29H,7,16-19H2,(H,30,31)/t24-,27-/m0/s1. The number of aliphatic imine (C=N–C) groups is 1. The molecule has 0 spiro atoms. The van der Waals surface area contributed by atoms with Crippen molar-refractivity contribution in [3.63, 3.8) is 0 Å². The molecule has 2 N–H and O–H groups in total. The van der Waals surface area contributed by atoms with Gasteiger partial charge in [0.25, 0.3) is 0 Å². The van der Waals surface area contributed by atoms with Crippen LogP contribution in [-0.4, -0.2) is 55.0 Å². The van der Waals surface area contributed by atoms with E-state index in [1.54, 1.807) is 72.8 Å². The second-order valence-corrected chi connectivity index (χ2v) is 10.5. The van der Waals surface area contributed by atoms with Crippen LogP contribution in [0.4, 0.5) is 0 Å². The lowest BCUT2D eigenvalue weighted by atomic mass is 9.86. The number of carboxylic acids is 1. The Hall–Kier alpha value is -3.69. The molecule has 4 rings (SSSR count). The highest BCUT2D eigenvalue weighted by molar-refractivity contribution is 7.91. The van der Waals surface area contributed by atoms with Crippen LogP contribution in [0.15, 0.2) is 94.8 Å². The number of benzene rings is 3. The van der Waals surface area contributed by atoms with Crippen molar-refractivity contribution in [1.29, 1.82) is 0 Å². The van der Waals surface area contributed by atoms with Crippen molar-refractivity contribution in [2.24, 2.45) is 4.99 Å². The molecule has 1 aliphatic rings. The molecular formula is C27H27NO7S. The minimum atomic E-state index is -3.75. The summed E-state index contributed by atoms with van der Waals surface area (Å²) in [7, 11) is -3.75. The first-order valence-corrected chi connectivity index (χ1v) is 13.2. The number of hydrogen-bond donors (Lipinski definition) is 2. The summed E-state index contributed by atoms with van der Waals surface area (Å²) in [6.45, 7) is 0.391. The van der Waals surface area contributed by atoms with Crippen LogP contribution >= 0.6 is 0 Å². The molecule has 9 heteroatoms. The van der Waals surface area contributed by atoms with Gasteiger partial charge in [-0.15, -0.1) is 0 Å². The highest BCUT2D eigenvalue weighted by Gasteiger charge is 2.54. The lowest BCUT2D eigenvalue weighted by Crippen LogP contribution is -2.42. The molecule has 0 aromatic heterocycles. The fourth-order valence-corrected chi connectivity index (χ4v) is 5.40. The molecule has 0 unspecified atom stereocenters. The minimum Gasteiger partial charge on any atom is -0.494 e. The molecule has 1 aliphatic heterocycles. The topological polar surface area (TPSA) is 122 Å². The van der Waals surface area contributed by atoms with Crippen molar-refractivity contribution in [1.82, 2.24) is 0 Å². The molecule has 0 aliphatic carbocycles. The minimum absolute atomic E-state index is 0.0286. The van der Waals surface area contributed by atoms with Gasteiger partial charge >= 0.3 is 5.97 Å². The molecule has 3 aromatic rings. The van der Waals surface area contributed by atoms with Crippen LogP contribution < -0.4 is 4.74 Å². The molecule has 2 atom stereocenters. The van der Waals surface area contributed by atoms with Crippen molar-refractivity contribution in [2.75, 3.05) is 19.0 Å². The van der Waals surface area contributed by atoms with E-state index in [0.29, 0.717) is 29.9 Å². The molecule has 0 radical (unpaired) electrons. The van der Waals surface area contributed by atoms with Crippen LogP contribution in [0.3, 0.4) is 0 Å². The van der Waals surface area contributed by atoms with Crippen molar-refractivity contribution in [3.05, 3.63) is 96.1 Å². The molecule has 0 fully saturated rings. The second-order valence-electron chi connectivity index (χ2n) is 8.39. The van der Waals surface area contributed by atoms with Gasteiger partial charge in [-0.2, -0.15) is 0 Å². The zero-order chi connectivity index (χ0) is 25.6. The number of rotatable bonds is 11. The van der Waals surface area contributed by atoms with Gasteiger partial charge in [0.05, 0.1) is 17.3 Å². The number of aliphatic carboxylic acids is 1. The molecule has 0 amide bonds. The lowest BCUT2D eigenvalue weighted by Gasteiger charge is -2.27. The fraction of sp³-hybridized carbons (Fsp3) is 0.259. The monoisotopic (exact) mass is 509 g/mol. The third-order valence-electron chi connectivity index (χ3n) is 5.96. The van der Waals surface area contributed by atoms with Crippen LogP contribution in [0, 0.1) is 0 Å². The first-order chi connectivity index (χ1) is 17.4. The first-order valence-electron chi connectivity index (χ1n) is 11.5. The smallest absolute Gasteiger partial charge is 0.336 e. The van der Waals surface area contributed by atoms with Gasteiger partial charge in [0.2, 0.25) is 11.4 Å². The van der Waals surface area contributed by atoms with Gasteiger partial charge in [0.15, 0.2) is 15.9 Å². The number of nitrogens with zero attached hydrogens (tertiary/aromatic N) is 1. The zero-order valence-corrected chi connectivity index (χ0v) is 20.3. The quantitative estimate of drug-likeness (QED) is 0.378. The van der Waals surface area contributed by atoms with E-state index in [9.17, 15) is 18.3 Å². The van der Waals surface area contributed by atoms with Gasteiger partial charge in [0, 0.05) is 25.0 Å². The van der Waals surface area contributed by atoms with Crippen LogP contribution in [-0.2, 0) is 19.4 Å². The lowest BCUT2D eigenvalue weighted by molar-refractivity contribution is -0.146. The molecule has 188 valence electrons. The summed E-state index contributed by atoms with van der Waals surface area (Å²) in [6.07, 6.45) is -0.786. The summed E-state index contributed by atoms with van der Waals surface area (Å²) in [5.41, 5.74) is -0.714. The third-order valence-corrected chi connectivity index (χ3v) is 7.70. The van der Waals surface area contributed by atoms with E-state index >= 15 is 0 Å². The number of ether oxygens (including phenoxy) is 2. The zero-order valence-electron chi connectivity index (χ0n) is 19.5. The van der Waals surface area contributed by atoms with Crippen LogP contribution in [0.25, 0.3) is 0 Å². The molecule has 8 nitrogen and oxygen atoms in total. The van der Waals surface area contributed by atoms with Gasteiger partial charge in [-0.3, -0.25) is 0 Å². The Kier molecular flexibility index (Phi) is 7.71. The molecule has 3 aromatic carbocycles. The summed E-state index contributed by atoms with van der Waals surface area (Å²) in [6, 6.07) is 23.6. The van der Waals surface area contributed by atoms with Gasteiger partial charge in [-0.05, 0) is 42.0 Å². The summed E-state index contributed by atoms with van der Waals surface area (Å²) < 4.78 is 37.6. The molecule has 0 saturated heterocycles. The predicted molar refractivity (Wildman–Crippen MR) is 134 cm³/mol. The van der Waals surface area contributed by atoms with E-state index in [4.69, 9.17) is 14.6 Å². The molecule has 0 saturated carbocycles. The van der Waals surface area contributed by atoms with E-state index in [2.05, 4.69) is 4.99 Å². The van der Waals surface area contributed by atoms with E-state index in [-0.39, 0.29) is 23.8 Å². The average molecular weight is 510 g/mol. The number of aliphatic hydroxyl groups excluding tert-OH is 1. The summed E-state index contributed by atoms with van der Waals surface area (Å²) in [5.74, 6) is -0.975. The van der Waals surface area contributed by atoms with E-state index in [1.165, 1.54) is 12.1 Å². The number of sulfone groups is 1. The Labute approximate surface area is 209 Å². The normalized spacial score (nSPS) is 19.4. The van der Waals surface area contributed by atoms with Crippen molar-refractivity contribution < 1.29 is 32.9 Å². The Balaban J connectivity index is 1.67. The maximum Gasteiger partial charge on any atom is 0.336 e. The Bertz CT molecular complexity index is 1310. The number of carboxylic acid groups (broad SMARTS) is 1. The van der Waals surface area contributed by atoms with Crippen molar-refractivity contribution >= 4 is 21.7 Å². The van der Waals surface area contributed by atoms with E-state index in [0.717, 1.165) is 0 Å². The highest BCUT2D eigenvalue weighted by Crippen LogP contribution is 2.43. The average Bonchev–Trinajstić information content (AvgIpc) is 3.30. The number of carbonyl (C=O) groups is 1. The predicted octanol–water partition coefficient (Wildman–Crippen LogP) is 3.65. The Morgan fingerprint density at radius 3 is 2.22 bits per heavy atom. The van der Waals surface area contributed by atoms with E-state index < -0.39 is 33.2 Å². The molecule has 0 bridgehead atoms. The molecular weight excluding hydrogens is 482 g/mol. The van der Waals surface area contributed by atoms with Gasteiger partial charge in [0.1, 0.15) is 5.75 Å². The van der Waals surface area contributed by atoms with Crippen LogP contribution in [0.5, 0.6) is 5.75 Å². The summed E-state index contributed by atoms with van der Waals surface area (Å²) >= 11 is 0. The maximum absolute atomic E-state index is 13.0. The Morgan fingerprint density at radius 1 is 0.972 bits per heavy atom. The third kappa shape index (κ3) is 5.42. The number of aliphatic hydroxyl groups is 1. The van der Waals surface area contributed by atoms with Crippen LogP contribution in [0.2, 0.25) is 0 Å². The number of hydrogen-bond acceptors (Lipinski definition) is 7. The molecule has 1 heterocycles. The largest absolute Gasteiger partial charge is 0.494 e. The van der Waals surface area contributed by atoms with Gasteiger partial charge < -0.3 is 19.7 Å². The summed E-state index contributed by atoms with van der Waals surface area (Å²) in [4.78, 5) is 17.3. The van der Waals surface area contributed by atoms with Crippen molar-refractivity contribution in [2.45, 2.75) is 29.4 Å². The van der Waals surface area contributed by atoms with Gasteiger partial charge in [-0.1, -0.05) is 48.5 Å². The summed E-state index contributed by atoms with van der Waals surface area (Å²) in [5, 5.41) is 19.3. The SMILES string of the molecule is O=C(O)[C@@]1(CCS(=O)(=O)c2ccccc2)N=C(c2ccc(OCCCO)cc2)O[C@H]1c1ccccc1. The van der Waals surface area contributed by atoms with E-state index in [1.807, 2.05) is 0 Å². The molecule has 36 heavy (non-hydrogen) atoms. The first kappa shape index (κ1) is 25.4. The highest BCUT2D eigenvalue weighted by atomic mass is 32.2. The van der Waals surface area contributed by atoms with Gasteiger partial charge in [-0.25, -0.2) is 18.2 Å². The van der Waals surface area contributed by atoms with Crippen LogP contribution in [0.1, 0.15) is 30.1 Å².